The summed E-state index contributed by atoms with van der Waals surface area (Å²) in [7, 11) is 2.80. The van der Waals surface area contributed by atoms with Crippen LogP contribution in [0.5, 0.6) is 11.5 Å². The van der Waals surface area contributed by atoms with Crippen LogP contribution in [0.1, 0.15) is 0 Å². The Labute approximate surface area is 173 Å². The van der Waals surface area contributed by atoms with Crippen LogP contribution in [0.2, 0.25) is 10.0 Å². The molecular formula is C17H14Cl2F3N5O2. The van der Waals surface area contributed by atoms with E-state index in [1.54, 1.807) is 0 Å². The average Bonchev–Trinajstić information content (AvgIpc) is 2.66. The van der Waals surface area contributed by atoms with Gasteiger partial charge in [-0.25, -0.2) is 15.0 Å². The molecule has 154 valence electrons. The van der Waals surface area contributed by atoms with Crippen LogP contribution < -0.4 is 20.5 Å². The second-order valence-electron chi connectivity index (χ2n) is 5.77. The fraction of sp³-hybridized carbons (Fsp3) is 0.235. The minimum atomic E-state index is -4.48. The Morgan fingerprint density at radius 3 is 2.24 bits per heavy atom. The van der Waals surface area contributed by atoms with Gasteiger partial charge in [0.2, 0.25) is 5.95 Å². The van der Waals surface area contributed by atoms with Crippen molar-refractivity contribution in [2.75, 3.05) is 31.8 Å². The molecular weight excluding hydrogens is 434 g/mol. The number of hydrogen-bond acceptors (Lipinski definition) is 7. The minimum absolute atomic E-state index is 0.110. The number of methoxy groups -OCH3 is 2. The Bertz CT molecular complexity index is 1050. The number of halogens is 5. The fourth-order valence-corrected chi connectivity index (χ4v) is 3.29. The molecule has 3 aromatic rings. The van der Waals surface area contributed by atoms with Crippen molar-refractivity contribution in [3.63, 3.8) is 0 Å². The highest BCUT2D eigenvalue weighted by molar-refractivity contribution is 6.41. The second kappa shape index (κ2) is 7.96. The molecule has 0 spiro atoms. The number of nitrogens with two attached hydrogens (primary N) is 1. The first-order valence-electron chi connectivity index (χ1n) is 7.99. The van der Waals surface area contributed by atoms with E-state index >= 15 is 0 Å². The summed E-state index contributed by atoms with van der Waals surface area (Å²) in [5.41, 5.74) is 6.08. The van der Waals surface area contributed by atoms with Crippen molar-refractivity contribution in [1.82, 2.24) is 15.0 Å². The molecule has 0 atom stereocenters. The number of aromatic nitrogens is 3. The van der Waals surface area contributed by atoms with Gasteiger partial charge in [0, 0.05) is 23.2 Å². The number of fused-ring (bicyclic) bond motifs is 1. The number of ether oxygens (including phenoxy) is 2. The minimum Gasteiger partial charge on any atom is -0.495 e. The molecule has 0 amide bonds. The predicted octanol–water partition coefficient (Wildman–Crippen LogP) is 4.57. The zero-order valence-electron chi connectivity index (χ0n) is 15.1. The molecule has 29 heavy (non-hydrogen) atoms. The molecule has 0 aliphatic rings. The van der Waals surface area contributed by atoms with Crippen LogP contribution in [0.25, 0.3) is 22.2 Å². The molecule has 2 heterocycles. The molecule has 0 bridgehead atoms. The van der Waals surface area contributed by atoms with Crippen LogP contribution in [0, 0.1) is 0 Å². The van der Waals surface area contributed by atoms with E-state index in [1.165, 1.54) is 32.5 Å². The lowest BCUT2D eigenvalue weighted by Gasteiger charge is -2.16. The number of pyridine rings is 1. The normalized spacial score (nSPS) is 11.6. The molecule has 2 aromatic heterocycles. The molecule has 0 unspecified atom stereocenters. The first kappa shape index (κ1) is 21.0. The van der Waals surface area contributed by atoms with Gasteiger partial charge in [0.15, 0.2) is 5.82 Å². The quantitative estimate of drug-likeness (QED) is 0.591. The van der Waals surface area contributed by atoms with E-state index in [0.717, 1.165) is 0 Å². The third-order valence-corrected chi connectivity index (χ3v) is 4.62. The van der Waals surface area contributed by atoms with E-state index in [-0.39, 0.29) is 50.1 Å². The van der Waals surface area contributed by atoms with Gasteiger partial charge in [-0.1, -0.05) is 23.2 Å². The molecule has 7 nitrogen and oxygen atoms in total. The Morgan fingerprint density at radius 2 is 1.69 bits per heavy atom. The summed E-state index contributed by atoms with van der Waals surface area (Å²) in [6.45, 7) is -1.33. The first-order valence-corrected chi connectivity index (χ1v) is 8.74. The number of benzene rings is 1. The van der Waals surface area contributed by atoms with Gasteiger partial charge in [0.05, 0.1) is 30.0 Å². The third-order valence-electron chi connectivity index (χ3n) is 3.87. The number of alkyl halides is 3. The Hall–Kier alpha value is -2.72. The number of nitrogen functional groups attached to an aromatic ring is 1. The van der Waals surface area contributed by atoms with E-state index in [4.69, 9.17) is 38.4 Å². The maximum atomic E-state index is 12.7. The topological polar surface area (TPSA) is 95.2 Å². The second-order valence-corrected chi connectivity index (χ2v) is 6.53. The van der Waals surface area contributed by atoms with Gasteiger partial charge in [-0.15, -0.1) is 0 Å². The summed E-state index contributed by atoms with van der Waals surface area (Å²) in [5.74, 6) is 0.241. The SMILES string of the molecule is COc1cc(OC)c(Cl)c(-c2cc3cnc(N)nc3c(NCC(F)(F)F)n2)c1Cl. The Morgan fingerprint density at radius 1 is 1.07 bits per heavy atom. The van der Waals surface area contributed by atoms with Crippen molar-refractivity contribution >= 4 is 45.9 Å². The molecule has 3 N–H and O–H groups in total. The molecule has 0 saturated carbocycles. The highest BCUT2D eigenvalue weighted by atomic mass is 35.5. The van der Waals surface area contributed by atoms with Gasteiger partial charge >= 0.3 is 6.18 Å². The van der Waals surface area contributed by atoms with Crippen molar-refractivity contribution in [2.45, 2.75) is 6.18 Å². The molecule has 0 aliphatic heterocycles. The zero-order valence-corrected chi connectivity index (χ0v) is 16.6. The smallest absolute Gasteiger partial charge is 0.405 e. The van der Waals surface area contributed by atoms with E-state index in [1.807, 2.05) is 0 Å². The number of anilines is 2. The number of nitrogens with zero attached hydrogens (tertiary/aromatic N) is 3. The van der Waals surface area contributed by atoms with Crippen LogP contribution in [-0.2, 0) is 0 Å². The van der Waals surface area contributed by atoms with E-state index in [9.17, 15) is 13.2 Å². The van der Waals surface area contributed by atoms with Gasteiger partial charge in [0.1, 0.15) is 23.6 Å². The molecule has 0 saturated heterocycles. The van der Waals surface area contributed by atoms with Crippen molar-refractivity contribution in [3.8, 4) is 22.8 Å². The van der Waals surface area contributed by atoms with E-state index < -0.39 is 12.7 Å². The summed E-state index contributed by atoms with van der Waals surface area (Å²) < 4.78 is 48.7. The van der Waals surface area contributed by atoms with Gasteiger partial charge in [0.25, 0.3) is 0 Å². The lowest BCUT2D eigenvalue weighted by Crippen LogP contribution is -2.22. The highest BCUT2D eigenvalue weighted by Crippen LogP contribution is 2.46. The summed E-state index contributed by atoms with van der Waals surface area (Å²) in [4.78, 5) is 12.1. The van der Waals surface area contributed by atoms with Crippen LogP contribution >= 0.6 is 23.2 Å². The molecule has 0 radical (unpaired) electrons. The molecule has 0 fully saturated rings. The Kier molecular flexibility index (Phi) is 5.76. The standard InChI is InChI=1S/C17H14Cl2F3N5O2/c1-28-9-4-10(29-2)13(19)11(12(9)18)8-3-7-5-24-16(23)27-14(7)15(26-8)25-6-17(20,21)22/h3-5H,6H2,1-2H3,(H,25,26)(H2,23,24,27). The van der Waals surface area contributed by atoms with Crippen molar-refractivity contribution < 1.29 is 22.6 Å². The summed E-state index contributed by atoms with van der Waals surface area (Å²) in [6.07, 6.45) is -3.11. The maximum absolute atomic E-state index is 12.7. The largest absolute Gasteiger partial charge is 0.495 e. The molecule has 3 rings (SSSR count). The van der Waals surface area contributed by atoms with Crippen LogP contribution in [0.4, 0.5) is 24.9 Å². The van der Waals surface area contributed by atoms with E-state index in [0.29, 0.717) is 5.39 Å². The van der Waals surface area contributed by atoms with Gasteiger partial charge in [-0.2, -0.15) is 13.2 Å². The molecule has 12 heteroatoms. The monoisotopic (exact) mass is 447 g/mol. The van der Waals surface area contributed by atoms with Crippen molar-refractivity contribution in [1.29, 1.82) is 0 Å². The first-order chi connectivity index (χ1) is 13.6. The number of nitrogens with one attached hydrogen (secondary N) is 1. The average molecular weight is 448 g/mol. The van der Waals surface area contributed by atoms with Gasteiger partial charge in [-0.3, -0.25) is 0 Å². The van der Waals surface area contributed by atoms with Crippen LogP contribution in [-0.4, -0.2) is 41.9 Å². The van der Waals surface area contributed by atoms with Crippen LogP contribution in [0.3, 0.4) is 0 Å². The van der Waals surface area contributed by atoms with Crippen LogP contribution in [0.15, 0.2) is 18.3 Å². The van der Waals surface area contributed by atoms with Gasteiger partial charge in [-0.05, 0) is 6.07 Å². The molecule has 1 aromatic carbocycles. The van der Waals surface area contributed by atoms with Gasteiger partial charge < -0.3 is 20.5 Å². The van der Waals surface area contributed by atoms with Crippen molar-refractivity contribution in [2.24, 2.45) is 0 Å². The zero-order chi connectivity index (χ0) is 21.3. The lowest BCUT2D eigenvalue weighted by molar-refractivity contribution is -0.115. The summed E-state index contributed by atoms with van der Waals surface area (Å²) in [5, 5.41) is 2.84. The summed E-state index contributed by atoms with van der Waals surface area (Å²) in [6, 6.07) is 3.02. The number of rotatable bonds is 5. The lowest BCUT2D eigenvalue weighted by atomic mass is 10.1. The molecule has 0 aliphatic carbocycles. The van der Waals surface area contributed by atoms with Crippen molar-refractivity contribution in [3.05, 3.63) is 28.4 Å². The maximum Gasteiger partial charge on any atom is 0.405 e. The Balaban J connectivity index is 2.27. The fourth-order valence-electron chi connectivity index (χ4n) is 2.60. The van der Waals surface area contributed by atoms with E-state index in [2.05, 4.69) is 20.3 Å². The summed E-state index contributed by atoms with van der Waals surface area (Å²) >= 11 is 12.8. The third kappa shape index (κ3) is 4.33. The predicted molar refractivity (Wildman–Crippen MR) is 105 cm³/mol. The highest BCUT2D eigenvalue weighted by Gasteiger charge is 2.28. The number of hydrogen-bond donors (Lipinski definition) is 2.